The van der Waals surface area contributed by atoms with Crippen LogP contribution in [0.4, 0.5) is 0 Å². The van der Waals surface area contributed by atoms with Gasteiger partial charge >= 0.3 is 0 Å². The second-order valence-electron chi connectivity index (χ2n) is 15.8. The van der Waals surface area contributed by atoms with E-state index in [1.165, 1.54) is 121 Å². The van der Waals surface area contributed by atoms with Gasteiger partial charge in [-0.05, 0) is 153 Å². The largest absolute Gasteiger partial charge is 0.0619 e. The lowest BCUT2D eigenvalue weighted by Crippen LogP contribution is -2.25. The molecule has 53 heavy (non-hydrogen) atoms. The molecule has 0 saturated carbocycles. The first-order valence-corrected chi connectivity index (χ1v) is 19.0. The molecule has 1 spiro atoms. The van der Waals surface area contributed by atoms with Crippen molar-refractivity contribution in [2.24, 2.45) is 0 Å². The second-order valence-corrected chi connectivity index (χ2v) is 15.8. The van der Waals surface area contributed by atoms with E-state index in [1.807, 2.05) is 0 Å². The molecule has 10 aromatic carbocycles. The van der Waals surface area contributed by atoms with Gasteiger partial charge in [-0.1, -0.05) is 152 Å². The van der Waals surface area contributed by atoms with Gasteiger partial charge in [-0.15, -0.1) is 0 Å². The maximum absolute atomic E-state index is 2.55. The summed E-state index contributed by atoms with van der Waals surface area (Å²) in [4.78, 5) is 0. The van der Waals surface area contributed by atoms with E-state index in [0.29, 0.717) is 0 Å². The van der Waals surface area contributed by atoms with Crippen LogP contribution in [0, 0.1) is 13.8 Å². The zero-order chi connectivity index (χ0) is 35.0. The van der Waals surface area contributed by atoms with E-state index in [4.69, 9.17) is 0 Å². The van der Waals surface area contributed by atoms with Gasteiger partial charge in [0.1, 0.15) is 0 Å². The first-order valence-electron chi connectivity index (χ1n) is 19.0. The molecule has 0 heteroatoms. The molecular weight excluding hydrogens is 637 g/mol. The molecule has 0 aliphatic heterocycles. The van der Waals surface area contributed by atoms with E-state index < -0.39 is 0 Å². The third-order valence-corrected chi connectivity index (χ3v) is 13.0. The minimum Gasteiger partial charge on any atom is -0.0619 e. The Balaban J connectivity index is 1.02. The van der Waals surface area contributed by atoms with Gasteiger partial charge in [0.05, 0.1) is 0 Å². The summed E-state index contributed by atoms with van der Waals surface area (Å²) in [6.07, 6.45) is 2.03. The van der Waals surface area contributed by atoms with Gasteiger partial charge in [-0.3, -0.25) is 0 Å². The molecule has 12 rings (SSSR count). The first-order chi connectivity index (χ1) is 26.1. The van der Waals surface area contributed by atoms with Crippen molar-refractivity contribution in [3.05, 3.63) is 191 Å². The van der Waals surface area contributed by atoms with Crippen LogP contribution in [0.5, 0.6) is 0 Å². The number of fused-ring (bicyclic) bond motifs is 9. The van der Waals surface area contributed by atoms with Crippen molar-refractivity contribution in [1.82, 2.24) is 0 Å². The number of hydrogen-bond donors (Lipinski definition) is 0. The molecule has 248 valence electrons. The summed E-state index contributed by atoms with van der Waals surface area (Å²) in [6.45, 7) is 4.51. The van der Waals surface area contributed by atoms with E-state index >= 15 is 0 Å². The fraction of sp³-hybridized carbons (Fsp3) is 0.0943. The van der Waals surface area contributed by atoms with E-state index in [1.54, 1.807) is 0 Å². The summed E-state index contributed by atoms with van der Waals surface area (Å²) < 4.78 is 0. The maximum Gasteiger partial charge on any atom is 0.0296 e. The van der Waals surface area contributed by atoms with Crippen LogP contribution in [0.3, 0.4) is 0 Å². The van der Waals surface area contributed by atoms with Gasteiger partial charge in [-0.25, -0.2) is 0 Å². The molecule has 0 nitrogen and oxygen atoms in total. The number of benzene rings is 10. The van der Waals surface area contributed by atoms with Crippen LogP contribution >= 0.6 is 0 Å². The molecule has 0 aromatic heterocycles. The predicted molar refractivity (Wildman–Crippen MR) is 226 cm³/mol. The Kier molecular flexibility index (Phi) is 5.77. The third kappa shape index (κ3) is 3.91. The molecule has 0 bridgehead atoms. The summed E-state index contributed by atoms with van der Waals surface area (Å²) in [5.41, 5.74) is 16.5. The Hall–Kier alpha value is -6.24. The summed E-state index contributed by atoms with van der Waals surface area (Å²) in [6, 6.07) is 60.4. The Bertz CT molecular complexity index is 3180. The van der Waals surface area contributed by atoms with Crippen LogP contribution < -0.4 is 0 Å². The molecule has 2 aliphatic carbocycles. The highest BCUT2D eigenvalue weighted by atomic mass is 14.5. The van der Waals surface area contributed by atoms with E-state index in [9.17, 15) is 0 Å². The van der Waals surface area contributed by atoms with Crippen molar-refractivity contribution in [2.75, 3.05) is 0 Å². The first kappa shape index (κ1) is 29.3. The fourth-order valence-electron chi connectivity index (χ4n) is 10.7. The number of aryl methyl sites for hydroxylation is 2. The standard InChI is InChI=1S/C53H36/c1-31-7-5-8-33-19-25-45-41(22-13-32(2)50(45)49(31)33)37-16-17-39-29-53(30-40(39)27-37)47-12-4-3-11-43(47)44-24-21-38(28-48(44)53)42-23-18-36-15-14-34-9-6-10-35-20-26-46(42)52(36)51(34)35/h3-28H,29-30H2,1-2H3. The zero-order valence-electron chi connectivity index (χ0n) is 29.9. The molecule has 0 N–H and O–H groups in total. The molecule has 0 radical (unpaired) electrons. The lowest BCUT2D eigenvalue weighted by atomic mass is 9.75. The Morgan fingerprint density at radius 2 is 0.925 bits per heavy atom. The molecule has 0 heterocycles. The molecule has 1 unspecified atom stereocenters. The maximum atomic E-state index is 2.55. The molecule has 2 aliphatic rings. The normalized spacial score (nSPS) is 16.0. The Morgan fingerprint density at radius 1 is 0.358 bits per heavy atom. The van der Waals surface area contributed by atoms with Gasteiger partial charge in [0.25, 0.3) is 0 Å². The summed E-state index contributed by atoms with van der Waals surface area (Å²) in [5.74, 6) is 0. The lowest BCUT2D eigenvalue weighted by molar-refractivity contribution is 0.564. The average molecular weight is 673 g/mol. The van der Waals surface area contributed by atoms with Crippen LogP contribution in [0.2, 0.25) is 0 Å². The number of hydrogen-bond acceptors (Lipinski definition) is 0. The summed E-state index contributed by atoms with van der Waals surface area (Å²) >= 11 is 0. The number of rotatable bonds is 2. The van der Waals surface area contributed by atoms with Gasteiger partial charge in [0.2, 0.25) is 0 Å². The van der Waals surface area contributed by atoms with Gasteiger partial charge < -0.3 is 0 Å². The minimum atomic E-state index is -0.0880. The monoisotopic (exact) mass is 672 g/mol. The van der Waals surface area contributed by atoms with Crippen LogP contribution in [-0.2, 0) is 18.3 Å². The Morgan fingerprint density at radius 3 is 1.75 bits per heavy atom. The topological polar surface area (TPSA) is 0 Å². The third-order valence-electron chi connectivity index (χ3n) is 13.0. The van der Waals surface area contributed by atoms with Crippen LogP contribution in [0.1, 0.15) is 33.4 Å². The van der Waals surface area contributed by atoms with Gasteiger partial charge in [-0.2, -0.15) is 0 Å². The Labute approximate surface area is 309 Å². The summed E-state index contributed by atoms with van der Waals surface area (Å²) in [5, 5.41) is 13.4. The van der Waals surface area contributed by atoms with Crippen molar-refractivity contribution >= 4 is 53.9 Å². The molecule has 0 fully saturated rings. The highest BCUT2D eigenvalue weighted by Gasteiger charge is 2.47. The van der Waals surface area contributed by atoms with Crippen LogP contribution in [-0.4, -0.2) is 0 Å². The fourth-order valence-corrected chi connectivity index (χ4v) is 10.7. The molecular formula is C53H36. The molecule has 0 amide bonds. The van der Waals surface area contributed by atoms with E-state index in [-0.39, 0.29) is 5.41 Å². The van der Waals surface area contributed by atoms with Crippen molar-refractivity contribution in [3.63, 3.8) is 0 Å². The quantitative estimate of drug-likeness (QED) is 0.160. The predicted octanol–water partition coefficient (Wildman–Crippen LogP) is 13.9. The van der Waals surface area contributed by atoms with Gasteiger partial charge in [0.15, 0.2) is 0 Å². The highest BCUT2D eigenvalue weighted by molar-refractivity contribution is 6.25. The minimum absolute atomic E-state index is 0.0880. The van der Waals surface area contributed by atoms with Crippen LogP contribution in [0.25, 0.3) is 87.2 Å². The van der Waals surface area contributed by atoms with Gasteiger partial charge in [0, 0.05) is 5.41 Å². The lowest BCUT2D eigenvalue weighted by Gasteiger charge is -2.27. The average Bonchev–Trinajstić information content (AvgIpc) is 3.71. The summed E-state index contributed by atoms with van der Waals surface area (Å²) in [7, 11) is 0. The SMILES string of the molecule is Cc1cccc2ccc3c(-c4ccc5c(c4)CC4(C5)c5ccccc5-c5ccc(-c6ccc7ccc8cccc9ccc6c7c89)cc54)ccc(C)c3c12. The van der Waals surface area contributed by atoms with Crippen molar-refractivity contribution < 1.29 is 0 Å². The smallest absolute Gasteiger partial charge is 0.0296 e. The van der Waals surface area contributed by atoms with E-state index in [0.717, 1.165) is 12.8 Å². The molecule has 1 atom stereocenters. The highest BCUT2D eigenvalue weighted by Crippen LogP contribution is 2.56. The second kappa shape index (κ2) is 10.4. The van der Waals surface area contributed by atoms with E-state index in [2.05, 4.69) is 172 Å². The van der Waals surface area contributed by atoms with Crippen molar-refractivity contribution in [1.29, 1.82) is 0 Å². The van der Waals surface area contributed by atoms with Crippen molar-refractivity contribution in [3.8, 4) is 33.4 Å². The van der Waals surface area contributed by atoms with Crippen LogP contribution in [0.15, 0.2) is 158 Å². The zero-order valence-corrected chi connectivity index (χ0v) is 29.9. The molecule has 0 saturated heterocycles. The molecule has 10 aromatic rings. The van der Waals surface area contributed by atoms with Crippen molar-refractivity contribution in [2.45, 2.75) is 32.1 Å².